The molecule has 3 rings (SSSR count). The highest BCUT2D eigenvalue weighted by molar-refractivity contribution is 7.11. The number of carbonyl (C=O) groups excluding carboxylic acids is 1. The number of aromatic nitrogens is 3. The Bertz CT molecular complexity index is 716. The lowest BCUT2D eigenvalue weighted by atomic mass is 10.1. The first-order valence-corrected chi connectivity index (χ1v) is 8.46. The smallest absolute Gasteiger partial charge is 0.228 e. The molecule has 1 aliphatic heterocycles. The van der Waals surface area contributed by atoms with Crippen LogP contribution in [0.2, 0.25) is 0 Å². The average molecular weight is 332 g/mol. The lowest BCUT2D eigenvalue weighted by molar-refractivity contribution is -0.138. The number of ether oxygens (including phenoxy) is 1. The fourth-order valence-electron chi connectivity index (χ4n) is 2.70. The number of aryl methyl sites for hydroxylation is 3. The fourth-order valence-corrected chi connectivity index (χ4v) is 3.62. The number of amides is 1. The second kappa shape index (κ2) is 6.72. The number of rotatable bonds is 3. The summed E-state index contributed by atoms with van der Waals surface area (Å²) in [6.45, 7) is 7.46. The summed E-state index contributed by atoms with van der Waals surface area (Å²) >= 11 is 1.60. The van der Waals surface area contributed by atoms with E-state index in [4.69, 9.17) is 4.74 Å². The highest BCUT2D eigenvalue weighted by Crippen LogP contribution is 2.23. The zero-order valence-electron chi connectivity index (χ0n) is 13.6. The van der Waals surface area contributed by atoms with Gasteiger partial charge in [0.1, 0.15) is 11.9 Å². The molecule has 23 heavy (non-hydrogen) atoms. The molecule has 3 heterocycles. The summed E-state index contributed by atoms with van der Waals surface area (Å²) in [5.74, 6) is 0.834. The van der Waals surface area contributed by atoms with Crippen molar-refractivity contribution in [2.45, 2.75) is 33.3 Å². The molecule has 0 aliphatic carbocycles. The highest BCUT2D eigenvalue weighted by atomic mass is 32.1. The maximum absolute atomic E-state index is 12.6. The second-order valence-electron chi connectivity index (χ2n) is 5.65. The first kappa shape index (κ1) is 16.0. The number of nitrogens with zero attached hydrogens (tertiary/aromatic N) is 4. The standard InChI is InChI=1S/C16H20N4O2S/c1-10-15(23-12(3)18-10)8-16(21)20-6-7-22-14(9-20)13-4-5-17-11(2)19-13/h4-5,14H,6-9H2,1-3H3. The van der Waals surface area contributed by atoms with Crippen molar-refractivity contribution in [1.82, 2.24) is 19.9 Å². The minimum atomic E-state index is -0.182. The predicted molar refractivity (Wildman–Crippen MR) is 87.3 cm³/mol. The van der Waals surface area contributed by atoms with Crippen LogP contribution < -0.4 is 0 Å². The third-order valence-electron chi connectivity index (χ3n) is 3.86. The lowest BCUT2D eigenvalue weighted by Gasteiger charge is -2.32. The maximum Gasteiger partial charge on any atom is 0.228 e. The van der Waals surface area contributed by atoms with E-state index in [1.54, 1.807) is 17.5 Å². The summed E-state index contributed by atoms with van der Waals surface area (Å²) in [6, 6.07) is 1.85. The van der Waals surface area contributed by atoms with E-state index in [9.17, 15) is 4.79 Å². The first-order valence-electron chi connectivity index (χ1n) is 7.65. The van der Waals surface area contributed by atoms with Crippen LogP contribution in [0.4, 0.5) is 0 Å². The van der Waals surface area contributed by atoms with Gasteiger partial charge in [0, 0.05) is 17.6 Å². The highest BCUT2D eigenvalue weighted by Gasteiger charge is 2.27. The van der Waals surface area contributed by atoms with Gasteiger partial charge in [-0.15, -0.1) is 11.3 Å². The molecule has 0 saturated carbocycles. The van der Waals surface area contributed by atoms with Crippen LogP contribution in [-0.4, -0.2) is 45.5 Å². The molecule has 0 bridgehead atoms. The van der Waals surface area contributed by atoms with Crippen molar-refractivity contribution in [3.05, 3.63) is 39.4 Å². The van der Waals surface area contributed by atoms with E-state index in [-0.39, 0.29) is 12.0 Å². The monoisotopic (exact) mass is 332 g/mol. The maximum atomic E-state index is 12.6. The van der Waals surface area contributed by atoms with E-state index in [1.807, 2.05) is 31.7 Å². The van der Waals surface area contributed by atoms with Crippen LogP contribution in [-0.2, 0) is 16.0 Å². The van der Waals surface area contributed by atoms with E-state index in [2.05, 4.69) is 15.0 Å². The molecule has 0 spiro atoms. The molecule has 0 radical (unpaired) electrons. The molecular formula is C16H20N4O2S. The number of thiazole rings is 1. The second-order valence-corrected chi connectivity index (χ2v) is 6.93. The molecule has 7 heteroatoms. The Morgan fingerprint density at radius 3 is 2.91 bits per heavy atom. The molecular weight excluding hydrogens is 312 g/mol. The minimum absolute atomic E-state index is 0.121. The summed E-state index contributed by atoms with van der Waals surface area (Å²) in [6.07, 6.45) is 1.96. The van der Waals surface area contributed by atoms with Gasteiger partial charge in [-0.05, 0) is 26.8 Å². The zero-order valence-corrected chi connectivity index (χ0v) is 14.4. The SMILES string of the molecule is Cc1nccc(C2CN(C(=O)Cc3sc(C)nc3C)CCO2)n1. The van der Waals surface area contributed by atoms with Crippen molar-refractivity contribution in [2.75, 3.05) is 19.7 Å². The van der Waals surface area contributed by atoms with Crippen molar-refractivity contribution < 1.29 is 9.53 Å². The van der Waals surface area contributed by atoms with Crippen LogP contribution in [0, 0.1) is 20.8 Å². The van der Waals surface area contributed by atoms with Crippen molar-refractivity contribution in [1.29, 1.82) is 0 Å². The Morgan fingerprint density at radius 2 is 2.22 bits per heavy atom. The number of morpholine rings is 1. The molecule has 1 unspecified atom stereocenters. The molecule has 1 atom stereocenters. The van der Waals surface area contributed by atoms with Gasteiger partial charge in [-0.3, -0.25) is 4.79 Å². The number of hydrogen-bond acceptors (Lipinski definition) is 6. The van der Waals surface area contributed by atoms with E-state index in [1.165, 1.54) is 0 Å². The Morgan fingerprint density at radius 1 is 1.39 bits per heavy atom. The van der Waals surface area contributed by atoms with Gasteiger partial charge in [-0.2, -0.15) is 0 Å². The quantitative estimate of drug-likeness (QED) is 0.860. The molecule has 2 aromatic rings. The van der Waals surface area contributed by atoms with Gasteiger partial charge in [0.05, 0.1) is 36.0 Å². The number of hydrogen-bond donors (Lipinski definition) is 0. The van der Waals surface area contributed by atoms with Crippen molar-refractivity contribution in [2.24, 2.45) is 0 Å². The lowest BCUT2D eigenvalue weighted by Crippen LogP contribution is -2.43. The molecule has 1 fully saturated rings. The van der Waals surface area contributed by atoms with Gasteiger partial charge in [-0.25, -0.2) is 15.0 Å². The fraction of sp³-hybridized carbons (Fsp3) is 0.500. The van der Waals surface area contributed by atoms with Crippen LogP contribution in [0.3, 0.4) is 0 Å². The summed E-state index contributed by atoms with van der Waals surface area (Å²) in [7, 11) is 0. The van der Waals surface area contributed by atoms with Gasteiger partial charge in [-0.1, -0.05) is 0 Å². The largest absolute Gasteiger partial charge is 0.368 e. The van der Waals surface area contributed by atoms with Crippen molar-refractivity contribution in [3.63, 3.8) is 0 Å². The van der Waals surface area contributed by atoms with Crippen LogP contribution in [0.15, 0.2) is 12.3 Å². The molecule has 1 aliphatic rings. The van der Waals surface area contributed by atoms with Crippen LogP contribution in [0.25, 0.3) is 0 Å². The molecule has 0 aromatic carbocycles. The topological polar surface area (TPSA) is 68.2 Å². The third kappa shape index (κ3) is 3.73. The molecule has 2 aromatic heterocycles. The van der Waals surface area contributed by atoms with E-state index in [0.717, 1.165) is 21.3 Å². The van der Waals surface area contributed by atoms with E-state index >= 15 is 0 Å². The van der Waals surface area contributed by atoms with E-state index in [0.29, 0.717) is 31.9 Å². The normalized spacial score (nSPS) is 18.2. The van der Waals surface area contributed by atoms with Gasteiger partial charge in [0.15, 0.2) is 0 Å². The first-order chi connectivity index (χ1) is 11.0. The van der Waals surface area contributed by atoms with Crippen LogP contribution in [0.1, 0.15) is 33.2 Å². The van der Waals surface area contributed by atoms with Gasteiger partial charge in [0.2, 0.25) is 5.91 Å². The van der Waals surface area contributed by atoms with Gasteiger partial charge < -0.3 is 9.64 Å². The van der Waals surface area contributed by atoms with Gasteiger partial charge in [0.25, 0.3) is 0 Å². The Kier molecular flexibility index (Phi) is 4.68. The predicted octanol–water partition coefficient (Wildman–Crippen LogP) is 2.00. The Balaban J connectivity index is 1.68. The summed E-state index contributed by atoms with van der Waals surface area (Å²) in [5, 5.41) is 1.00. The Hall–Kier alpha value is -1.86. The molecule has 1 amide bonds. The molecule has 6 nitrogen and oxygen atoms in total. The minimum Gasteiger partial charge on any atom is -0.368 e. The zero-order chi connectivity index (χ0) is 16.4. The van der Waals surface area contributed by atoms with Gasteiger partial charge >= 0.3 is 0 Å². The summed E-state index contributed by atoms with van der Waals surface area (Å²) in [4.78, 5) is 28.4. The Labute approximate surface area is 139 Å². The van der Waals surface area contributed by atoms with Crippen molar-refractivity contribution in [3.8, 4) is 0 Å². The summed E-state index contributed by atoms with van der Waals surface area (Å²) in [5.41, 5.74) is 1.79. The van der Waals surface area contributed by atoms with Crippen LogP contribution >= 0.6 is 11.3 Å². The molecule has 0 N–H and O–H groups in total. The van der Waals surface area contributed by atoms with Crippen molar-refractivity contribution >= 4 is 17.2 Å². The average Bonchev–Trinajstić information content (AvgIpc) is 2.85. The van der Waals surface area contributed by atoms with Crippen LogP contribution in [0.5, 0.6) is 0 Å². The number of carbonyl (C=O) groups is 1. The third-order valence-corrected chi connectivity index (χ3v) is 4.93. The molecule has 122 valence electrons. The van der Waals surface area contributed by atoms with E-state index < -0.39 is 0 Å². The molecule has 1 saturated heterocycles. The summed E-state index contributed by atoms with van der Waals surface area (Å²) < 4.78 is 5.78.